The number of benzene rings is 1. The Hall–Kier alpha value is -1.06. The summed E-state index contributed by atoms with van der Waals surface area (Å²) in [5, 5.41) is 13.9. The zero-order chi connectivity index (χ0) is 13.0. The molecule has 0 aromatic heterocycles. The molecule has 100 valence electrons. The van der Waals surface area contributed by atoms with E-state index in [2.05, 4.69) is 11.4 Å². The van der Waals surface area contributed by atoms with Crippen LogP contribution in [0.2, 0.25) is 0 Å². The van der Waals surface area contributed by atoms with E-state index in [1.54, 1.807) is 0 Å². The minimum atomic E-state index is -0.409. The molecule has 1 aromatic carbocycles. The lowest BCUT2D eigenvalue weighted by atomic mass is 9.87. The Morgan fingerprint density at radius 2 is 2.11 bits per heavy atom. The highest BCUT2D eigenvalue weighted by Gasteiger charge is 2.25. The van der Waals surface area contributed by atoms with Crippen LogP contribution in [0.3, 0.4) is 0 Å². The van der Waals surface area contributed by atoms with Crippen molar-refractivity contribution in [1.29, 1.82) is 0 Å². The van der Waals surface area contributed by atoms with Crippen LogP contribution in [0.15, 0.2) is 18.2 Å². The molecule has 3 nitrogen and oxygen atoms in total. The van der Waals surface area contributed by atoms with E-state index in [4.69, 9.17) is 4.74 Å². The van der Waals surface area contributed by atoms with Crippen molar-refractivity contribution in [3.8, 4) is 5.75 Å². The molecule has 18 heavy (non-hydrogen) atoms. The SMILES string of the molecule is CCOc1ccc(C)cc1C(O)C1CCNCC1. The maximum absolute atomic E-state index is 10.6. The van der Waals surface area contributed by atoms with Crippen molar-refractivity contribution < 1.29 is 9.84 Å². The molecule has 1 atom stereocenters. The number of rotatable bonds is 4. The van der Waals surface area contributed by atoms with Gasteiger partial charge in [-0.15, -0.1) is 0 Å². The predicted molar refractivity (Wildman–Crippen MR) is 72.9 cm³/mol. The second-order valence-electron chi connectivity index (χ2n) is 5.01. The molecule has 1 heterocycles. The first-order chi connectivity index (χ1) is 8.72. The maximum atomic E-state index is 10.6. The number of nitrogens with one attached hydrogen (secondary N) is 1. The van der Waals surface area contributed by atoms with Crippen LogP contribution in [-0.2, 0) is 0 Å². The van der Waals surface area contributed by atoms with Crippen LogP contribution in [0.25, 0.3) is 0 Å². The van der Waals surface area contributed by atoms with Crippen molar-refractivity contribution in [2.75, 3.05) is 19.7 Å². The first-order valence-corrected chi connectivity index (χ1v) is 6.84. The highest BCUT2D eigenvalue weighted by Crippen LogP contribution is 2.34. The zero-order valence-electron chi connectivity index (χ0n) is 11.3. The van der Waals surface area contributed by atoms with Gasteiger partial charge in [-0.05, 0) is 57.8 Å². The average Bonchev–Trinajstić information content (AvgIpc) is 2.41. The Bertz CT molecular complexity index is 386. The molecule has 2 N–H and O–H groups in total. The molecule has 1 saturated heterocycles. The molecule has 1 aromatic rings. The molecular weight excluding hydrogens is 226 g/mol. The first kappa shape index (κ1) is 13.4. The lowest BCUT2D eigenvalue weighted by Gasteiger charge is -2.28. The molecule has 0 amide bonds. The second kappa shape index (κ2) is 6.21. The van der Waals surface area contributed by atoms with Gasteiger partial charge in [0.2, 0.25) is 0 Å². The number of aryl methyl sites for hydroxylation is 1. The molecule has 0 saturated carbocycles. The fourth-order valence-electron chi connectivity index (χ4n) is 2.60. The summed E-state index contributed by atoms with van der Waals surface area (Å²) in [5.74, 6) is 1.17. The quantitative estimate of drug-likeness (QED) is 0.861. The molecule has 3 heteroatoms. The van der Waals surface area contributed by atoms with Crippen LogP contribution in [0.4, 0.5) is 0 Å². The fraction of sp³-hybridized carbons (Fsp3) is 0.600. The van der Waals surface area contributed by atoms with Crippen LogP contribution in [-0.4, -0.2) is 24.8 Å². The van der Waals surface area contributed by atoms with Crippen molar-refractivity contribution in [2.45, 2.75) is 32.8 Å². The molecule has 1 fully saturated rings. The second-order valence-corrected chi connectivity index (χ2v) is 5.01. The summed E-state index contributed by atoms with van der Waals surface area (Å²) in [4.78, 5) is 0. The van der Waals surface area contributed by atoms with Gasteiger partial charge in [-0.2, -0.15) is 0 Å². The summed E-state index contributed by atoms with van der Waals surface area (Å²) in [6.45, 7) is 6.65. The van der Waals surface area contributed by atoms with Crippen LogP contribution < -0.4 is 10.1 Å². The summed E-state index contributed by atoms with van der Waals surface area (Å²) < 4.78 is 5.63. The van der Waals surface area contributed by atoms with Crippen LogP contribution >= 0.6 is 0 Å². The van der Waals surface area contributed by atoms with Crippen molar-refractivity contribution in [1.82, 2.24) is 5.32 Å². The monoisotopic (exact) mass is 249 g/mol. The van der Waals surface area contributed by atoms with Crippen molar-refractivity contribution in [3.05, 3.63) is 29.3 Å². The van der Waals surface area contributed by atoms with E-state index in [-0.39, 0.29) is 0 Å². The number of ether oxygens (including phenoxy) is 1. The van der Waals surface area contributed by atoms with Gasteiger partial charge in [-0.25, -0.2) is 0 Å². The Kier molecular flexibility index (Phi) is 4.61. The normalized spacial score (nSPS) is 18.6. The lowest BCUT2D eigenvalue weighted by molar-refractivity contribution is 0.0858. The van der Waals surface area contributed by atoms with E-state index in [1.807, 2.05) is 26.0 Å². The molecule has 0 aliphatic carbocycles. The van der Waals surface area contributed by atoms with E-state index in [9.17, 15) is 5.11 Å². The Balaban J connectivity index is 2.21. The van der Waals surface area contributed by atoms with Crippen molar-refractivity contribution >= 4 is 0 Å². The lowest BCUT2D eigenvalue weighted by Crippen LogP contribution is -2.31. The molecule has 0 spiro atoms. The third kappa shape index (κ3) is 3.03. The number of hydrogen-bond acceptors (Lipinski definition) is 3. The highest BCUT2D eigenvalue weighted by molar-refractivity contribution is 5.38. The van der Waals surface area contributed by atoms with Gasteiger partial charge in [0.25, 0.3) is 0 Å². The van der Waals surface area contributed by atoms with Gasteiger partial charge >= 0.3 is 0 Å². The zero-order valence-corrected chi connectivity index (χ0v) is 11.3. The molecule has 0 radical (unpaired) electrons. The summed E-state index contributed by atoms with van der Waals surface area (Å²) >= 11 is 0. The topological polar surface area (TPSA) is 41.5 Å². The summed E-state index contributed by atoms with van der Waals surface area (Å²) in [5.41, 5.74) is 2.12. The summed E-state index contributed by atoms with van der Waals surface area (Å²) in [7, 11) is 0. The van der Waals surface area contributed by atoms with Gasteiger partial charge in [-0.3, -0.25) is 0 Å². The maximum Gasteiger partial charge on any atom is 0.125 e. The predicted octanol–water partition coefficient (Wildman–Crippen LogP) is 2.43. The van der Waals surface area contributed by atoms with Gasteiger partial charge in [-0.1, -0.05) is 11.6 Å². The van der Waals surface area contributed by atoms with E-state index in [0.29, 0.717) is 12.5 Å². The van der Waals surface area contributed by atoms with Crippen LogP contribution in [0.1, 0.15) is 37.0 Å². The van der Waals surface area contributed by atoms with Gasteiger partial charge in [0, 0.05) is 5.56 Å². The third-order valence-corrected chi connectivity index (χ3v) is 3.61. The van der Waals surface area contributed by atoms with E-state index in [0.717, 1.165) is 37.2 Å². The van der Waals surface area contributed by atoms with Gasteiger partial charge in [0.05, 0.1) is 12.7 Å². The smallest absolute Gasteiger partial charge is 0.125 e. The number of hydrogen-bond donors (Lipinski definition) is 2. The minimum absolute atomic E-state index is 0.340. The summed E-state index contributed by atoms with van der Waals surface area (Å²) in [6.07, 6.45) is 1.65. The molecule has 2 rings (SSSR count). The number of piperidine rings is 1. The molecule has 0 bridgehead atoms. The first-order valence-electron chi connectivity index (χ1n) is 6.84. The fourth-order valence-corrected chi connectivity index (χ4v) is 2.60. The Morgan fingerprint density at radius 1 is 1.39 bits per heavy atom. The Labute approximate surface area is 109 Å². The van der Waals surface area contributed by atoms with Gasteiger partial charge in [0.1, 0.15) is 5.75 Å². The largest absolute Gasteiger partial charge is 0.493 e. The van der Waals surface area contributed by atoms with Crippen LogP contribution in [0.5, 0.6) is 5.75 Å². The average molecular weight is 249 g/mol. The van der Waals surface area contributed by atoms with Gasteiger partial charge in [0.15, 0.2) is 0 Å². The van der Waals surface area contributed by atoms with Crippen molar-refractivity contribution in [3.63, 3.8) is 0 Å². The van der Waals surface area contributed by atoms with E-state index >= 15 is 0 Å². The van der Waals surface area contributed by atoms with E-state index < -0.39 is 6.10 Å². The minimum Gasteiger partial charge on any atom is -0.493 e. The molecule has 1 aliphatic heterocycles. The number of aliphatic hydroxyl groups is 1. The molecular formula is C15H23NO2. The van der Waals surface area contributed by atoms with Crippen molar-refractivity contribution in [2.24, 2.45) is 5.92 Å². The molecule has 1 aliphatic rings. The third-order valence-electron chi connectivity index (χ3n) is 3.61. The van der Waals surface area contributed by atoms with Gasteiger partial charge < -0.3 is 15.2 Å². The van der Waals surface area contributed by atoms with E-state index in [1.165, 1.54) is 5.56 Å². The summed E-state index contributed by atoms with van der Waals surface area (Å²) in [6, 6.07) is 6.06. The highest BCUT2D eigenvalue weighted by atomic mass is 16.5. The number of aliphatic hydroxyl groups excluding tert-OH is 1. The Morgan fingerprint density at radius 3 is 2.78 bits per heavy atom. The standard InChI is InChI=1S/C15H23NO2/c1-3-18-14-5-4-11(2)10-13(14)15(17)12-6-8-16-9-7-12/h4-5,10,12,15-17H,3,6-9H2,1-2H3. The van der Waals surface area contributed by atoms with Crippen LogP contribution in [0, 0.1) is 12.8 Å². The molecule has 1 unspecified atom stereocenters.